The number of aromatic nitrogens is 1. The molecule has 7 nitrogen and oxygen atoms in total. The van der Waals surface area contributed by atoms with Crippen LogP contribution in [0.4, 0.5) is 10.8 Å². The molecular weight excluding hydrogens is 412 g/mol. The van der Waals surface area contributed by atoms with Gasteiger partial charge in [-0.3, -0.25) is 15.1 Å². The van der Waals surface area contributed by atoms with Gasteiger partial charge in [-0.2, -0.15) is 5.10 Å². The molecule has 1 amide bonds. The zero-order valence-corrected chi connectivity index (χ0v) is 18.2. The van der Waals surface area contributed by atoms with Crippen LogP contribution >= 0.6 is 11.3 Å². The lowest BCUT2D eigenvalue weighted by atomic mass is 10.1. The number of anilines is 2. The summed E-state index contributed by atoms with van der Waals surface area (Å²) in [5.41, 5.74) is 4.73. The van der Waals surface area contributed by atoms with Crippen molar-refractivity contribution in [3.63, 3.8) is 0 Å². The van der Waals surface area contributed by atoms with E-state index in [0.717, 1.165) is 58.4 Å². The van der Waals surface area contributed by atoms with Crippen LogP contribution in [0.15, 0.2) is 47.6 Å². The Hall–Kier alpha value is -3.39. The molecular formula is C23H22N4O3S. The molecule has 0 fully saturated rings. The van der Waals surface area contributed by atoms with E-state index in [-0.39, 0.29) is 12.7 Å². The van der Waals surface area contributed by atoms with Crippen LogP contribution in [0.3, 0.4) is 0 Å². The Morgan fingerprint density at radius 2 is 1.94 bits per heavy atom. The van der Waals surface area contributed by atoms with E-state index in [1.165, 1.54) is 11.3 Å². The van der Waals surface area contributed by atoms with Gasteiger partial charge in [-0.1, -0.05) is 6.07 Å². The van der Waals surface area contributed by atoms with Gasteiger partial charge in [0.25, 0.3) is 5.91 Å². The number of rotatable bonds is 5. The van der Waals surface area contributed by atoms with Crippen LogP contribution in [-0.4, -0.2) is 29.9 Å². The molecule has 1 N–H and O–H groups in total. The molecule has 3 heterocycles. The average Bonchev–Trinajstić information content (AvgIpc) is 3.48. The number of benzene rings is 2. The summed E-state index contributed by atoms with van der Waals surface area (Å²) >= 11 is 1.49. The van der Waals surface area contributed by atoms with Gasteiger partial charge < -0.3 is 9.47 Å². The summed E-state index contributed by atoms with van der Waals surface area (Å²) in [5, 5.41) is 9.98. The van der Waals surface area contributed by atoms with Gasteiger partial charge in [0.05, 0.1) is 11.4 Å². The second kappa shape index (κ2) is 8.03. The summed E-state index contributed by atoms with van der Waals surface area (Å²) < 4.78 is 10.8. The first kappa shape index (κ1) is 19.6. The van der Waals surface area contributed by atoms with Crippen molar-refractivity contribution in [3.05, 3.63) is 64.2 Å². The van der Waals surface area contributed by atoms with Crippen LogP contribution in [-0.2, 0) is 6.42 Å². The molecule has 158 valence electrons. The number of aryl methyl sites for hydroxylation is 1. The number of hydrogen-bond donors (Lipinski definition) is 1. The molecule has 0 saturated carbocycles. The van der Waals surface area contributed by atoms with E-state index >= 15 is 0 Å². The van der Waals surface area contributed by atoms with Crippen molar-refractivity contribution in [2.45, 2.75) is 26.7 Å². The van der Waals surface area contributed by atoms with Gasteiger partial charge in [0.1, 0.15) is 0 Å². The third-order valence-electron chi connectivity index (χ3n) is 5.32. The van der Waals surface area contributed by atoms with Crippen molar-refractivity contribution in [3.8, 4) is 11.5 Å². The molecule has 2 aliphatic rings. The minimum absolute atomic E-state index is 0.170. The van der Waals surface area contributed by atoms with E-state index in [4.69, 9.17) is 9.47 Å². The Kier molecular flexibility index (Phi) is 5.07. The van der Waals surface area contributed by atoms with Crippen molar-refractivity contribution in [2.24, 2.45) is 5.10 Å². The molecule has 0 radical (unpaired) electrons. The lowest BCUT2D eigenvalue weighted by Crippen LogP contribution is -2.14. The highest BCUT2D eigenvalue weighted by atomic mass is 32.1. The second-order valence-electron chi connectivity index (χ2n) is 7.60. The van der Waals surface area contributed by atoms with E-state index in [2.05, 4.69) is 15.4 Å². The van der Waals surface area contributed by atoms with Crippen LogP contribution in [0.2, 0.25) is 0 Å². The highest BCUT2D eigenvalue weighted by Crippen LogP contribution is 2.34. The third kappa shape index (κ3) is 4.11. The Balaban J connectivity index is 1.26. The summed E-state index contributed by atoms with van der Waals surface area (Å²) in [6.07, 6.45) is 1.70. The standard InChI is InChI=1S/C23H22N4O3S/c1-14-9-10-27(26-14)18-6-4-17(5-7-18)22(28)25-23-24-15(2)21(31-23)12-16-3-8-19-20(11-16)30-13-29-19/h3-8,11H,9-10,12-13H2,1-2H3,(H,24,25,28). The Labute approximate surface area is 184 Å². The summed E-state index contributed by atoms with van der Waals surface area (Å²) in [7, 11) is 0. The average molecular weight is 435 g/mol. The predicted octanol–water partition coefficient (Wildman–Crippen LogP) is 4.61. The molecule has 3 aromatic rings. The highest BCUT2D eigenvalue weighted by molar-refractivity contribution is 7.15. The summed E-state index contributed by atoms with van der Waals surface area (Å²) in [4.78, 5) is 18.3. The number of thiazole rings is 1. The van der Waals surface area contributed by atoms with Crippen molar-refractivity contribution >= 4 is 33.8 Å². The molecule has 0 bridgehead atoms. The Morgan fingerprint density at radius 3 is 2.71 bits per heavy atom. The van der Waals surface area contributed by atoms with Gasteiger partial charge in [-0.25, -0.2) is 4.98 Å². The molecule has 1 aromatic heterocycles. The molecule has 0 atom stereocenters. The van der Waals surface area contributed by atoms with Crippen LogP contribution in [0.5, 0.6) is 11.5 Å². The fourth-order valence-electron chi connectivity index (χ4n) is 3.60. The van der Waals surface area contributed by atoms with Crippen molar-refractivity contribution in [2.75, 3.05) is 23.7 Å². The number of hydrogen-bond acceptors (Lipinski definition) is 7. The number of fused-ring (bicyclic) bond motifs is 1. The lowest BCUT2D eigenvalue weighted by Gasteiger charge is -2.13. The van der Waals surface area contributed by atoms with Crippen LogP contribution < -0.4 is 19.8 Å². The van der Waals surface area contributed by atoms with E-state index in [1.54, 1.807) is 0 Å². The minimum Gasteiger partial charge on any atom is -0.454 e. The summed E-state index contributed by atoms with van der Waals surface area (Å²) in [5.74, 6) is 1.37. The lowest BCUT2D eigenvalue weighted by molar-refractivity contribution is 0.102. The summed E-state index contributed by atoms with van der Waals surface area (Å²) in [6.45, 7) is 5.13. The molecule has 0 unspecified atom stereocenters. The topological polar surface area (TPSA) is 76.1 Å². The maximum Gasteiger partial charge on any atom is 0.257 e. The number of amides is 1. The molecule has 2 aliphatic heterocycles. The third-order valence-corrected chi connectivity index (χ3v) is 6.39. The van der Waals surface area contributed by atoms with Crippen LogP contribution in [0.25, 0.3) is 0 Å². The Morgan fingerprint density at radius 1 is 1.13 bits per heavy atom. The molecule has 2 aromatic carbocycles. The Bertz CT molecular complexity index is 1170. The number of nitrogens with zero attached hydrogens (tertiary/aromatic N) is 3. The van der Waals surface area contributed by atoms with E-state index < -0.39 is 0 Å². The van der Waals surface area contributed by atoms with Gasteiger partial charge in [-0.05, 0) is 55.8 Å². The normalized spacial score (nSPS) is 14.6. The van der Waals surface area contributed by atoms with Gasteiger partial charge in [-0.15, -0.1) is 11.3 Å². The van der Waals surface area contributed by atoms with E-state index in [0.29, 0.717) is 10.7 Å². The smallest absolute Gasteiger partial charge is 0.257 e. The zero-order valence-electron chi connectivity index (χ0n) is 17.3. The first-order valence-corrected chi connectivity index (χ1v) is 10.9. The van der Waals surface area contributed by atoms with Gasteiger partial charge in [0.15, 0.2) is 16.6 Å². The molecule has 5 rings (SSSR count). The maximum atomic E-state index is 12.7. The van der Waals surface area contributed by atoms with Crippen molar-refractivity contribution < 1.29 is 14.3 Å². The minimum atomic E-state index is -0.170. The summed E-state index contributed by atoms with van der Waals surface area (Å²) in [6, 6.07) is 13.4. The van der Waals surface area contributed by atoms with E-state index in [1.807, 2.05) is 61.3 Å². The van der Waals surface area contributed by atoms with Crippen molar-refractivity contribution in [1.29, 1.82) is 0 Å². The molecule has 0 aliphatic carbocycles. The highest BCUT2D eigenvalue weighted by Gasteiger charge is 2.17. The number of hydrazone groups is 1. The zero-order chi connectivity index (χ0) is 21.4. The largest absolute Gasteiger partial charge is 0.454 e. The first-order chi connectivity index (χ1) is 15.0. The monoisotopic (exact) mass is 434 g/mol. The van der Waals surface area contributed by atoms with E-state index in [9.17, 15) is 4.79 Å². The first-order valence-electron chi connectivity index (χ1n) is 10.1. The van der Waals surface area contributed by atoms with Gasteiger partial charge >= 0.3 is 0 Å². The molecule has 8 heteroatoms. The molecule has 0 spiro atoms. The number of carbonyl (C=O) groups excluding carboxylic acids is 1. The quantitative estimate of drug-likeness (QED) is 0.635. The predicted molar refractivity (Wildman–Crippen MR) is 122 cm³/mol. The van der Waals surface area contributed by atoms with Gasteiger partial charge in [0, 0.05) is 35.5 Å². The maximum absolute atomic E-state index is 12.7. The fourth-order valence-corrected chi connectivity index (χ4v) is 4.59. The van der Waals surface area contributed by atoms with Crippen molar-refractivity contribution in [1.82, 2.24) is 4.98 Å². The second-order valence-corrected chi connectivity index (χ2v) is 8.69. The van der Waals surface area contributed by atoms with Crippen LogP contribution in [0.1, 0.15) is 39.8 Å². The van der Waals surface area contributed by atoms with Crippen LogP contribution in [0, 0.1) is 6.92 Å². The molecule has 31 heavy (non-hydrogen) atoms. The van der Waals surface area contributed by atoms with Gasteiger partial charge in [0.2, 0.25) is 6.79 Å². The number of ether oxygens (including phenoxy) is 2. The SMILES string of the molecule is CC1=NN(c2ccc(C(=O)Nc3nc(C)c(Cc4ccc5c(c4)OCO5)s3)cc2)CC1. The number of nitrogens with one attached hydrogen (secondary N) is 1. The number of carbonyl (C=O) groups is 1. The molecule has 0 saturated heterocycles. The fraction of sp³-hybridized carbons (Fsp3) is 0.261.